The van der Waals surface area contributed by atoms with Crippen LogP contribution >= 0.6 is 11.8 Å². The minimum atomic E-state index is -1.23. The first-order valence-electron chi connectivity index (χ1n) is 17.4. The van der Waals surface area contributed by atoms with Crippen molar-refractivity contribution in [2.75, 3.05) is 56.6 Å². The fourth-order valence-corrected chi connectivity index (χ4v) is 7.05. The first kappa shape index (κ1) is 39.4. The predicted molar refractivity (Wildman–Crippen MR) is 197 cm³/mol. The molecule has 0 bridgehead atoms. The van der Waals surface area contributed by atoms with Crippen LogP contribution in [-0.4, -0.2) is 115 Å². The molecule has 1 aromatic carbocycles. The Labute approximate surface area is 302 Å². The molecule has 2 aromatic heterocycles. The van der Waals surface area contributed by atoms with Crippen LogP contribution < -0.4 is 21.5 Å². The molecule has 51 heavy (non-hydrogen) atoms. The van der Waals surface area contributed by atoms with E-state index in [1.165, 1.54) is 0 Å². The summed E-state index contributed by atoms with van der Waals surface area (Å²) >= 11 is 0.841. The number of thioether (sulfide) groups is 1. The number of nitrogens with two attached hydrogens (primary N) is 2. The number of hydrogen-bond acceptors (Lipinski definition) is 12. The summed E-state index contributed by atoms with van der Waals surface area (Å²) in [5.41, 5.74) is 15.3. The van der Waals surface area contributed by atoms with Crippen molar-refractivity contribution >= 4 is 58.2 Å². The van der Waals surface area contributed by atoms with E-state index in [2.05, 4.69) is 43.8 Å². The average molecular weight is 727 g/mol. The molecule has 0 aliphatic carbocycles. The zero-order valence-corrected chi connectivity index (χ0v) is 30.2. The third-order valence-corrected chi connectivity index (χ3v) is 10.2. The van der Waals surface area contributed by atoms with E-state index in [4.69, 9.17) is 21.3 Å². The number of anilines is 2. The maximum Gasteiger partial charge on any atom is 0.321 e. The molecule has 0 saturated carbocycles. The number of carboxylic acids is 2. The van der Waals surface area contributed by atoms with Crippen LogP contribution in [0.1, 0.15) is 63.0 Å². The lowest BCUT2D eigenvalue weighted by Crippen LogP contribution is -2.48. The maximum atomic E-state index is 12.9. The standard InChI is InChI=1S/C35H50N8O7S/c1-3-4-5-12-38-32-31-27(39-35(37)40-32)11-13-43(31)21-24-18-23(9-10-28(24)50-2)20-41-14-16-42(17-15-41)30(45)8-6-7-25(44)19-29(34(48)49)51-22-26(36)33(46)47/h9-11,13,18,26,29H,3-8,12,14-17,19-22,36H2,1-2H3,(H,46,47)(H,48,49)(H3,37,38,39,40)/t26-,29-/m0/s1. The van der Waals surface area contributed by atoms with Crippen molar-refractivity contribution in [3.8, 4) is 5.75 Å². The molecule has 1 amide bonds. The number of unbranched alkanes of at least 4 members (excludes halogenated alkanes) is 2. The van der Waals surface area contributed by atoms with Gasteiger partial charge in [-0.1, -0.05) is 25.8 Å². The fraction of sp³-hybridized carbons (Fsp3) is 0.543. The Kier molecular flexibility index (Phi) is 14.9. The van der Waals surface area contributed by atoms with E-state index in [-0.39, 0.29) is 42.7 Å². The number of benzene rings is 1. The number of nitrogens with zero attached hydrogens (tertiary/aromatic N) is 5. The Morgan fingerprint density at radius 2 is 1.76 bits per heavy atom. The zero-order chi connectivity index (χ0) is 36.9. The number of nitrogens with one attached hydrogen (secondary N) is 1. The molecular formula is C35H50N8O7S. The second-order valence-corrected chi connectivity index (χ2v) is 14.0. The van der Waals surface area contributed by atoms with E-state index < -0.39 is 23.2 Å². The Hall–Kier alpha value is -4.41. The van der Waals surface area contributed by atoms with Crippen molar-refractivity contribution in [1.29, 1.82) is 0 Å². The molecule has 1 saturated heterocycles. The molecule has 0 unspecified atom stereocenters. The van der Waals surface area contributed by atoms with Crippen LogP contribution in [-0.2, 0) is 32.3 Å². The number of carbonyl (C=O) groups is 4. The number of Topliss-reactive ketones (excluding diaryl/α,β-unsaturated/α-hetero) is 1. The highest BCUT2D eigenvalue weighted by Gasteiger charge is 2.25. The molecular weight excluding hydrogens is 677 g/mol. The zero-order valence-electron chi connectivity index (χ0n) is 29.4. The highest BCUT2D eigenvalue weighted by atomic mass is 32.2. The molecule has 278 valence electrons. The minimum absolute atomic E-state index is 0.0327. The predicted octanol–water partition coefficient (Wildman–Crippen LogP) is 3.04. The Bertz CT molecular complexity index is 1660. The van der Waals surface area contributed by atoms with Crippen LogP contribution in [0.4, 0.5) is 11.8 Å². The van der Waals surface area contributed by atoms with Gasteiger partial charge in [-0.25, -0.2) is 4.98 Å². The second kappa shape index (κ2) is 19.3. The lowest BCUT2D eigenvalue weighted by molar-refractivity contribution is -0.139. The number of fused-ring (bicyclic) bond motifs is 1. The molecule has 1 aliphatic heterocycles. The van der Waals surface area contributed by atoms with Gasteiger partial charge in [0, 0.05) is 76.0 Å². The molecule has 4 rings (SSSR count). The summed E-state index contributed by atoms with van der Waals surface area (Å²) in [6.45, 7) is 6.79. The molecule has 7 N–H and O–H groups in total. The summed E-state index contributed by atoms with van der Waals surface area (Å²) in [6.07, 6.45) is 5.64. The van der Waals surface area contributed by atoms with Crippen LogP contribution in [0.15, 0.2) is 30.5 Å². The van der Waals surface area contributed by atoms with Crippen molar-refractivity contribution in [2.45, 2.75) is 76.3 Å². The second-order valence-electron chi connectivity index (χ2n) is 12.7. The van der Waals surface area contributed by atoms with Crippen molar-refractivity contribution < 1.29 is 34.1 Å². The summed E-state index contributed by atoms with van der Waals surface area (Å²) in [4.78, 5) is 60.8. The number of nitrogen functional groups attached to an aromatic ring is 1. The average Bonchev–Trinajstić information content (AvgIpc) is 3.50. The molecule has 0 radical (unpaired) electrons. The number of rotatable bonds is 21. The SMILES string of the molecule is CCCCCNc1nc(N)nc2ccn(Cc3cc(CN4CCN(C(=O)CCCC(=O)C[C@H](SC[C@H](N)C(=O)O)C(=O)O)CC4)ccc3OC)c12. The van der Waals surface area contributed by atoms with Gasteiger partial charge in [0.15, 0.2) is 5.82 Å². The van der Waals surface area contributed by atoms with Crippen LogP contribution in [0.3, 0.4) is 0 Å². The number of methoxy groups -OCH3 is 1. The van der Waals surface area contributed by atoms with Gasteiger partial charge in [0.1, 0.15) is 28.3 Å². The summed E-state index contributed by atoms with van der Waals surface area (Å²) in [6, 6.07) is 6.93. The van der Waals surface area contributed by atoms with Crippen molar-refractivity contribution in [3.63, 3.8) is 0 Å². The van der Waals surface area contributed by atoms with Gasteiger partial charge in [0.25, 0.3) is 0 Å². The van der Waals surface area contributed by atoms with E-state index >= 15 is 0 Å². The molecule has 0 spiro atoms. The van der Waals surface area contributed by atoms with E-state index in [1.54, 1.807) is 7.11 Å². The van der Waals surface area contributed by atoms with Gasteiger partial charge in [-0.2, -0.15) is 4.98 Å². The van der Waals surface area contributed by atoms with E-state index in [0.717, 1.165) is 65.5 Å². The highest BCUT2D eigenvalue weighted by Crippen LogP contribution is 2.28. The number of aromatic nitrogens is 3. The van der Waals surface area contributed by atoms with Crippen molar-refractivity contribution in [2.24, 2.45) is 5.73 Å². The quantitative estimate of drug-likeness (QED) is 0.0997. The number of carbonyl (C=O) groups excluding carboxylic acids is 2. The van der Waals surface area contributed by atoms with Crippen LogP contribution in [0.2, 0.25) is 0 Å². The summed E-state index contributed by atoms with van der Waals surface area (Å²) in [7, 11) is 1.66. The number of carboxylic acid groups (broad SMARTS) is 2. The smallest absolute Gasteiger partial charge is 0.321 e. The molecule has 1 aliphatic rings. The number of ketones is 1. The molecule has 15 nitrogen and oxygen atoms in total. The monoisotopic (exact) mass is 726 g/mol. The van der Waals surface area contributed by atoms with Gasteiger partial charge in [0.05, 0.1) is 19.2 Å². The van der Waals surface area contributed by atoms with Gasteiger partial charge in [0.2, 0.25) is 11.9 Å². The minimum Gasteiger partial charge on any atom is -0.496 e. The van der Waals surface area contributed by atoms with Gasteiger partial charge in [-0.15, -0.1) is 11.8 Å². The number of aliphatic carboxylic acids is 2. The number of piperazine rings is 1. The number of amides is 1. The Morgan fingerprint density at radius 3 is 2.45 bits per heavy atom. The molecule has 16 heteroatoms. The fourth-order valence-electron chi connectivity index (χ4n) is 6.02. The van der Waals surface area contributed by atoms with Crippen LogP contribution in [0.25, 0.3) is 11.0 Å². The van der Waals surface area contributed by atoms with E-state index in [0.29, 0.717) is 51.5 Å². The largest absolute Gasteiger partial charge is 0.496 e. The van der Waals surface area contributed by atoms with Crippen molar-refractivity contribution in [3.05, 3.63) is 41.6 Å². The van der Waals surface area contributed by atoms with Gasteiger partial charge < -0.3 is 41.2 Å². The van der Waals surface area contributed by atoms with Gasteiger partial charge in [-0.05, 0) is 36.6 Å². The lowest BCUT2D eigenvalue weighted by atomic mass is 10.1. The molecule has 2 atom stereocenters. The van der Waals surface area contributed by atoms with Crippen LogP contribution in [0.5, 0.6) is 5.75 Å². The number of hydrogen-bond donors (Lipinski definition) is 5. The Morgan fingerprint density at radius 1 is 1.00 bits per heavy atom. The third kappa shape index (κ3) is 11.6. The first-order valence-corrected chi connectivity index (χ1v) is 18.4. The Balaban J connectivity index is 1.27. The maximum absolute atomic E-state index is 12.9. The summed E-state index contributed by atoms with van der Waals surface area (Å²) in [5.74, 6) is -1.12. The van der Waals surface area contributed by atoms with E-state index in [9.17, 15) is 24.3 Å². The molecule has 3 aromatic rings. The normalized spacial score (nSPS) is 14.7. The molecule has 3 heterocycles. The van der Waals surface area contributed by atoms with Crippen LogP contribution in [0, 0.1) is 0 Å². The van der Waals surface area contributed by atoms with E-state index in [1.807, 2.05) is 23.2 Å². The summed E-state index contributed by atoms with van der Waals surface area (Å²) in [5, 5.41) is 20.7. The van der Waals surface area contributed by atoms with Gasteiger partial charge >= 0.3 is 11.9 Å². The topological polar surface area (TPSA) is 219 Å². The first-order chi connectivity index (χ1) is 24.5. The van der Waals surface area contributed by atoms with Gasteiger partial charge in [-0.3, -0.25) is 24.1 Å². The third-order valence-electron chi connectivity index (χ3n) is 8.85. The molecule has 1 fully saturated rings. The highest BCUT2D eigenvalue weighted by molar-refractivity contribution is 8.00. The van der Waals surface area contributed by atoms with Crippen molar-refractivity contribution in [1.82, 2.24) is 24.3 Å². The number of ether oxygens (including phenoxy) is 1. The summed E-state index contributed by atoms with van der Waals surface area (Å²) < 4.78 is 7.84. The lowest BCUT2D eigenvalue weighted by Gasteiger charge is -2.35.